The van der Waals surface area contributed by atoms with Gasteiger partial charge in [0.1, 0.15) is 0 Å². The molecule has 0 heterocycles. The topological polar surface area (TPSA) is 341 Å². The molecule has 23 heteroatoms. The highest BCUT2D eigenvalue weighted by molar-refractivity contribution is 7.85. The van der Waals surface area contributed by atoms with Crippen LogP contribution in [0.5, 0.6) is 0 Å². The van der Waals surface area contributed by atoms with Gasteiger partial charge in [-0.1, -0.05) is 20.8 Å². The number of carbonyl (C=O) groups is 7. The lowest BCUT2D eigenvalue weighted by Crippen LogP contribution is -2.63. The Morgan fingerprint density at radius 1 is 0.692 bits per heavy atom. The third kappa shape index (κ3) is 15.0. The average Bonchev–Trinajstić information content (AvgIpc) is 3.55. The van der Waals surface area contributed by atoms with E-state index in [1.165, 1.54) is 9.80 Å². The van der Waals surface area contributed by atoms with E-state index in [0.29, 0.717) is 32.1 Å². The first-order valence-electron chi connectivity index (χ1n) is 22.5. The minimum absolute atomic E-state index is 0.0223. The largest absolute Gasteiger partial charge is 0.480 e. The fraction of sp³-hybridized carbons (Fsp3) is 0.833. The van der Waals surface area contributed by atoms with Crippen molar-refractivity contribution in [2.45, 2.75) is 96.8 Å². The van der Waals surface area contributed by atoms with Gasteiger partial charge in [0, 0.05) is 45.2 Å². The van der Waals surface area contributed by atoms with Crippen molar-refractivity contribution in [1.82, 2.24) is 30.7 Å². The van der Waals surface area contributed by atoms with Crippen molar-refractivity contribution in [1.29, 1.82) is 0 Å². The molecule has 0 bridgehead atoms. The van der Waals surface area contributed by atoms with Gasteiger partial charge < -0.3 is 46.6 Å². The van der Waals surface area contributed by atoms with Gasteiger partial charge in [0.2, 0.25) is 17.7 Å². The van der Waals surface area contributed by atoms with Crippen LogP contribution in [-0.4, -0.2) is 196 Å². The second kappa shape index (κ2) is 23.1. The molecule has 0 unspecified atom stereocenters. The first kappa shape index (κ1) is 53.6. The lowest BCUT2D eigenvalue weighted by Gasteiger charge is -2.63. The van der Waals surface area contributed by atoms with E-state index in [1.807, 2.05) is 0 Å². The van der Waals surface area contributed by atoms with Gasteiger partial charge in [0.25, 0.3) is 10.1 Å². The lowest BCUT2D eigenvalue weighted by atomic mass is 9.43. The summed E-state index contributed by atoms with van der Waals surface area (Å²) in [5.41, 5.74) is -0.666. The molecular weight excluding hydrogens is 877 g/mol. The molecule has 4 aliphatic rings. The zero-order valence-corrected chi connectivity index (χ0v) is 38.4. The van der Waals surface area contributed by atoms with Gasteiger partial charge in [0.05, 0.1) is 57.2 Å². The van der Waals surface area contributed by atoms with Crippen molar-refractivity contribution in [3.63, 3.8) is 0 Å². The average molecular weight is 947 g/mol. The van der Waals surface area contributed by atoms with Crippen LogP contribution >= 0.6 is 0 Å². The Balaban J connectivity index is 1.28. The number of aliphatic hydroxyl groups excluding tert-OH is 2. The standard InChI is InChI=1S/C42H70N6O16S/c1-25(4-7-33(51)43-10-15-65(62,63)64)28-5-6-29-40-30(18-32(50)42(28,29)3)41(2)9-8-27(16-26(41)17-31(40)49)45-34(52)19-44-35(53)20-47(22-37(56)57)13-11-46(21-36(54)55)12-14-48(23-38(58)59)24-39(60)61/h25-32,40,49-50H,4-24H2,1-3H3,(H,43,51)(H,44,53)(H,45,52)(H,54,55)(H,56,57)(H,58,59)(H,60,61)(H,62,63,64)/t25-,26+,27+,28-,29+,30+,31-,32+,40+,41+,42-/m1/s1. The predicted molar refractivity (Wildman–Crippen MR) is 231 cm³/mol. The van der Waals surface area contributed by atoms with Crippen molar-refractivity contribution in [3.05, 3.63) is 0 Å². The Hall–Kier alpha value is -4.00. The summed E-state index contributed by atoms with van der Waals surface area (Å²) >= 11 is 0. The Kier molecular flexibility index (Phi) is 19.1. The number of carbonyl (C=O) groups excluding carboxylic acids is 3. The number of hydrogen-bond donors (Lipinski definition) is 10. The maximum Gasteiger partial charge on any atom is 0.317 e. The molecule has 4 fully saturated rings. The molecule has 10 N–H and O–H groups in total. The first-order valence-corrected chi connectivity index (χ1v) is 24.1. The second-order valence-electron chi connectivity index (χ2n) is 19.3. The van der Waals surface area contributed by atoms with Crippen molar-refractivity contribution in [2.75, 3.05) is 77.7 Å². The maximum absolute atomic E-state index is 13.1. The first-order chi connectivity index (χ1) is 30.3. The van der Waals surface area contributed by atoms with Crippen molar-refractivity contribution < 1.29 is 77.2 Å². The smallest absolute Gasteiger partial charge is 0.317 e. The molecule has 3 amide bonds. The molecule has 4 saturated carbocycles. The number of rotatable bonds is 26. The molecule has 65 heavy (non-hydrogen) atoms. The molecule has 0 aromatic rings. The third-order valence-corrected chi connectivity index (χ3v) is 15.9. The Bertz CT molecular complexity index is 1820. The van der Waals surface area contributed by atoms with Gasteiger partial charge in [0.15, 0.2) is 0 Å². The monoisotopic (exact) mass is 946 g/mol. The zero-order valence-electron chi connectivity index (χ0n) is 37.6. The van der Waals surface area contributed by atoms with Gasteiger partial charge in [-0.15, -0.1) is 0 Å². The number of hydrogen-bond acceptors (Lipinski definition) is 14. The summed E-state index contributed by atoms with van der Waals surface area (Å²) in [5.74, 6) is -6.63. The van der Waals surface area contributed by atoms with Crippen LogP contribution in [0.2, 0.25) is 0 Å². The molecule has 0 aliphatic heterocycles. The fourth-order valence-corrected chi connectivity index (χ4v) is 12.4. The highest BCUT2D eigenvalue weighted by atomic mass is 32.2. The fourth-order valence-electron chi connectivity index (χ4n) is 12.0. The molecule has 0 saturated heterocycles. The molecule has 0 aromatic carbocycles. The predicted octanol–water partition coefficient (Wildman–Crippen LogP) is -1.15. The van der Waals surface area contributed by atoms with Crippen LogP contribution in [0.25, 0.3) is 0 Å². The van der Waals surface area contributed by atoms with Crippen LogP contribution in [0.3, 0.4) is 0 Å². The molecule has 370 valence electrons. The molecule has 4 aliphatic carbocycles. The van der Waals surface area contributed by atoms with Crippen molar-refractivity contribution >= 4 is 51.7 Å². The summed E-state index contributed by atoms with van der Waals surface area (Å²) in [4.78, 5) is 87.7. The van der Waals surface area contributed by atoms with E-state index in [4.69, 9.17) is 14.8 Å². The SMILES string of the molecule is C[C@H](CCC(=O)NCCS(=O)(=O)O)[C@H]1CC[C@H]2[C@@H]3[C@H](O)C[C@@H]4C[C@@H](NC(=O)CNC(=O)CN(CCN(CCN(CC(=O)O)CC(=O)O)CC(=O)O)CC(=O)O)CC[C@]4(C)[C@H]3C[C@H](O)[C@]12C. The molecule has 11 atom stereocenters. The number of aliphatic carboxylic acids is 4. The number of aliphatic hydroxyl groups is 2. The van der Waals surface area contributed by atoms with E-state index < -0.39 is 102 Å². The summed E-state index contributed by atoms with van der Waals surface area (Å²) in [6.07, 6.45) is 4.26. The summed E-state index contributed by atoms with van der Waals surface area (Å²) in [6, 6.07) is -0.229. The van der Waals surface area contributed by atoms with Crippen LogP contribution in [0.4, 0.5) is 0 Å². The van der Waals surface area contributed by atoms with E-state index in [1.54, 1.807) is 0 Å². The van der Waals surface area contributed by atoms with Crippen LogP contribution in [0.15, 0.2) is 0 Å². The number of carboxylic acids is 4. The quantitative estimate of drug-likeness (QED) is 0.0458. The Labute approximate surface area is 379 Å². The highest BCUT2D eigenvalue weighted by Crippen LogP contribution is 2.68. The Morgan fingerprint density at radius 3 is 1.82 bits per heavy atom. The number of nitrogens with zero attached hydrogens (tertiary/aromatic N) is 3. The van der Waals surface area contributed by atoms with E-state index >= 15 is 0 Å². The highest BCUT2D eigenvalue weighted by Gasteiger charge is 2.65. The molecule has 0 radical (unpaired) electrons. The zero-order chi connectivity index (χ0) is 48.4. The summed E-state index contributed by atoms with van der Waals surface area (Å²) < 4.78 is 31.0. The third-order valence-electron chi connectivity index (χ3n) is 15.1. The van der Waals surface area contributed by atoms with Crippen LogP contribution in [-0.2, 0) is 43.7 Å². The molecule has 22 nitrogen and oxygen atoms in total. The van der Waals surface area contributed by atoms with E-state index in [0.717, 1.165) is 24.2 Å². The van der Waals surface area contributed by atoms with Gasteiger partial charge >= 0.3 is 23.9 Å². The normalized spacial score (nSPS) is 30.2. The second-order valence-corrected chi connectivity index (χ2v) is 20.9. The molecule has 0 spiro atoms. The van der Waals surface area contributed by atoms with Crippen molar-refractivity contribution in [2.24, 2.45) is 46.3 Å². The van der Waals surface area contributed by atoms with E-state index in [9.17, 15) is 62.4 Å². The van der Waals surface area contributed by atoms with E-state index in [2.05, 4.69) is 36.7 Å². The Morgan fingerprint density at radius 2 is 1.25 bits per heavy atom. The molecule has 4 rings (SSSR count). The van der Waals surface area contributed by atoms with Crippen LogP contribution < -0.4 is 16.0 Å². The van der Waals surface area contributed by atoms with Crippen molar-refractivity contribution in [3.8, 4) is 0 Å². The molecular formula is C42H70N6O16S. The molecule has 0 aromatic heterocycles. The number of fused-ring (bicyclic) bond motifs is 5. The number of carboxylic acid groups (broad SMARTS) is 4. The lowest BCUT2D eigenvalue weighted by molar-refractivity contribution is -0.202. The number of amides is 3. The maximum atomic E-state index is 13.1. The summed E-state index contributed by atoms with van der Waals surface area (Å²) in [6.45, 7) is 2.88. The minimum atomic E-state index is -4.18. The van der Waals surface area contributed by atoms with Crippen LogP contribution in [0, 0.1) is 46.3 Å². The van der Waals surface area contributed by atoms with Gasteiger partial charge in [-0.05, 0) is 97.7 Å². The van der Waals surface area contributed by atoms with Crippen LogP contribution in [0.1, 0.15) is 78.6 Å². The minimum Gasteiger partial charge on any atom is -0.480 e. The summed E-state index contributed by atoms with van der Waals surface area (Å²) in [7, 11) is -4.18. The van der Waals surface area contributed by atoms with E-state index in [-0.39, 0.29) is 98.6 Å². The number of nitrogens with one attached hydrogen (secondary N) is 3. The summed E-state index contributed by atoms with van der Waals surface area (Å²) in [5, 5.41) is 69.0. The van der Waals surface area contributed by atoms with Gasteiger partial charge in [-0.25, -0.2) is 0 Å². The van der Waals surface area contributed by atoms with Gasteiger partial charge in [-0.2, -0.15) is 8.42 Å². The van der Waals surface area contributed by atoms with Gasteiger partial charge in [-0.3, -0.25) is 52.8 Å².